The van der Waals surface area contributed by atoms with E-state index in [2.05, 4.69) is 12.2 Å². The lowest BCUT2D eigenvalue weighted by atomic mass is 9.85. The Hall–Kier alpha value is -0.0400. The Morgan fingerprint density at radius 3 is 2.06 bits per heavy atom. The Balaban J connectivity index is 0.000000509. The summed E-state index contributed by atoms with van der Waals surface area (Å²) in [4.78, 5) is 0. The molecular formula is C15H33N. The number of fused-ring (bicyclic) bond motifs is 1. The molecule has 1 aliphatic heterocycles. The molecule has 3 unspecified atom stereocenters. The maximum Gasteiger partial charge on any atom is 0.00978 e. The first-order valence-corrected chi connectivity index (χ1v) is 7.62. The average molecular weight is 227 g/mol. The van der Waals surface area contributed by atoms with Crippen LogP contribution in [0.2, 0.25) is 0 Å². The Morgan fingerprint density at radius 1 is 0.750 bits per heavy atom. The molecule has 2 fully saturated rings. The van der Waals surface area contributed by atoms with Crippen LogP contribution in [0, 0.1) is 5.92 Å². The van der Waals surface area contributed by atoms with Gasteiger partial charge < -0.3 is 5.32 Å². The Labute approximate surface area is 103 Å². The van der Waals surface area contributed by atoms with E-state index in [1.807, 2.05) is 27.7 Å². The number of hydrogen-bond donors (Lipinski definition) is 1. The lowest BCUT2D eigenvalue weighted by Gasteiger charge is -2.35. The van der Waals surface area contributed by atoms with Gasteiger partial charge in [0.05, 0.1) is 0 Å². The van der Waals surface area contributed by atoms with Gasteiger partial charge in [0, 0.05) is 12.1 Å². The van der Waals surface area contributed by atoms with E-state index in [1.54, 1.807) is 0 Å². The first-order valence-electron chi connectivity index (χ1n) is 7.62. The molecule has 2 aliphatic rings. The average Bonchev–Trinajstić information content (AvgIpc) is 2.59. The number of hydrogen-bond acceptors (Lipinski definition) is 1. The molecule has 3 atom stereocenters. The summed E-state index contributed by atoms with van der Waals surface area (Å²) in [5, 5.41) is 3.76. The van der Waals surface area contributed by atoms with Crippen LogP contribution in [-0.4, -0.2) is 12.1 Å². The summed E-state index contributed by atoms with van der Waals surface area (Å²) in [5.41, 5.74) is 0. The van der Waals surface area contributed by atoms with Crippen molar-refractivity contribution in [3.63, 3.8) is 0 Å². The molecule has 1 saturated carbocycles. The van der Waals surface area contributed by atoms with Crippen LogP contribution in [0.15, 0.2) is 0 Å². The van der Waals surface area contributed by atoms with Crippen molar-refractivity contribution in [2.45, 2.75) is 91.6 Å². The molecule has 1 saturated heterocycles. The van der Waals surface area contributed by atoms with Crippen LogP contribution < -0.4 is 5.32 Å². The van der Waals surface area contributed by atoms with Crippen LogP contribution in [0.1, 0.15) is 79.6 Å². The second-order valence-electron chi connectivity index (χ2n) is 4.65. The zero-order valence-electron chi connectivity index (χ0n) is 12.2. The molecule has 1 heterocycles. The van der Waals surface area contributed by atoms with Gasteiger partial charge in [0.2, 0.25) is 0 Å². The maximum atomic E-state index is 3.76. The highest BCUT2D eigenvalue weighted by molar-refractivity contribution is 4.86. The van der Waals surface area contributed by atoms with E-state index in [1.165, 1.54) is 44.9 Å². The largest absolute Gasteiger partial charge is 0.311 e. The number of nitrogens with one attached hydrogen (secondary N) is 1. The summed E-state index contributed by atoms with van der Waals surface area (Å²) in [5.74, 6) is 1.02. The van der Waals surface area contributed by atoms with Crippen LogP contribution in [0.5, 0.6) is 0 Å². The van der Waals surface area contributed by atoms with Crippen molar-refractivity contribution < 1.29 is 0 Å². The fraction of sp³-hybridized carbons (Fsp3) is 1.00. The molecule has 98 valence electrons. The van der Waals surface area contributed by atoms with Crippen LogP contribution in [0.25, 0.3) is 0 Å². The zero-order chi connectivity index (χ0) is 12.4. The number of piperidine rings is 1. The lowest BCUT2D eigenvalue weighted by molar-refractivity contribution is 0.227. The Bertz CT molecular complexity index is 144. The van der Waals surface area contributed by atoms with Gasteiger partial charge in [0.1, 0.15) is 0 Å². The van der Waals surface area contributed by atoms with Gasteiger partial charge in [0.25, 0.3) is 0 Å². The number of rotatable bonds is 0. The third-order valence-electron chi connectivity index (χ3n) is 3.63. The molecule has 0 spiro atoms. The van der Waals surface area contributed by atoms with Crippen LogP contribution in [0.4, 0.5) is 0 Å². The SMILES string of the molecule is CC.CC.CC1CCC2CCCCCC2N1. The van der Waals surface area contributed by atoms with Gasteiger partial charge >= 0.3 is 0 Å². The van der Waals surface area contributed by atoms with Crippen molar-refractivity contribution in [3.05, 3.63) is 0 Å². The smallest absolute Gasteiger partial charge is 0.00978 e. The standard InChI is InChI=1S/C11H21N.2C2H6/c1-9-7-8-10-5-3-2-4-6-11(10)12-9;2*1-2/h9-12H,2-8H2,1H3;2*1-2H3. The highest BCUT2D eigenvalue weighted by Gasteiger charge is 2.28. The van der Waals surface area contributed by atoms with Gasteiger partial charge in [-0.05, 0) is 38.5 Å². The Morgan fingerprint density at radius 2 is 1.38 bits per heavy atom. The van der Waals surface area contributed by atoms with Gasteiger partial charge in [-0.1, -0.05) is 47.0 Å². The van der Waals surface area contributed by atoms with Crippen molar-refractivity contribution in [1.82, 2.24) is 5.32 Å². The van der Waals surface area contributed by atoms with Crippen molar-refractivity contribution in [1.29, 1.82) is 0 Å². The molecule has 1 N–H and O–H groups in total. The molecule has 0 amide bonds. The van der Waals surface area contributed by atoms with Crippen LogP contribution >= 0.6 is 0 Å². The van der Waals surface area contributed by atoms with Gasteiger partial charge in [-0.3, -0.25) is 0 Å². The van der Waals surface area contributed by atoms with E-state index in [0.29, 0.717) is 0 Å². The van der Waals surface area contributed by atoms with E-state index in [4.69, 9.17) is 0 Å². The summed E-state index contributed by atoms with van der Waals surface area (Å²) >= 11 is 0. The predicted molar refractivity (Wildman–Crippen MR) is 74.9 cm³/mol. The van der Waals surface area contributed by atoms with E-state index < -0.39 is 0 Å². The summed E-state index contributed by atoms with van der Waals surface area (Å²) in [6.07, 6.45) is 10.2. The topological polar surface area (TPSA) is 12.0 Å². The minimum Gasteiger partial charge on any atom is -0.311 e. The molecular weight excluding hydrogens is 194 g/mol. The van der Waals surface area contributed by atoms with Gasteiger partial charge in [-0.15, -0.1) is 0 Å². The van der Waals surface area contributed by atoms with Gasteiger partial charge in [-0.2, -0.15) is 0 Å². The molecule has 0 aromatic carbocycles. The fourth-order valence-electron chi connectivity index (χ4n) is 2.86. The predicted octanol–water partition coefficient (Wildman–Crippen LogP) is 4.76. The van der Waals surface area contributed by atoms with Crippen molar-refractivity contribution in [2.24, 2.45) is 5.92 Å². The second-order valence-corrected chi connectivity index (χ2v) is 4.65. The summed E-state index contributed by atoms with van der Waals surface area (Å²) in [7, 11) is 0. The zero-order valence-corrected chi connectivity index (χ0v) is 12.2. The summed E-state index contributed by atoms with van der Waals surface area (Å²) < 4.78 is 0. The van der Waals surface area contributed by atoms with Crippen LogP contribution in [0.3, 0.4) is 0 Å². The molecule has 0 bridgehead atoms. The first kappa shape index (κ1) is 16.0. The third kappa shape index (κ3) is 5.34. The van der Waals surface area contributed by atoms with Crippen molar-refractivity contribution >= 4 is 0 Å². The van der Waals surface area contributed by atoms with E-state index >= 15 is 0 Å². The van der Waals surface area contributed by atoms with E-state index in [0.717, 1.165) is 18.0 Å². The fourth-order valence-corrected chi connectivity index (χ4v) is 2.86. The van der Waals surface area contributed by atoms with E-state index in [9.17, 15) is 0 Å². The maximum absolute atomic E-state index is 3.76. The quantitative estimate of drug-likeness (QED) is 0.629. The minimum absolute atomic E-state index is 0.782. The van der Waals surface area contributed by atoms with Gasteiger partial charge in [0.15, 0.2) is 0 Å². The Kier molecular flexibility index (Phi) is 10.1. The molecule has 0 aromatic rings. The first-order chi connectivity index (χ1) is 7.86. The van der Waals surface area contributed by atoms with E-state index in [-0.39, 0.29) is 0 Å². The monoisotopic (exact) mass is 227 g/mol. The summed E-state index contributed by atoms with van der Waals surface area (Å²) in [6.45, 7) is 10.3. The van der Waals surface area contributed by atoms with Crippen molar-refractivity contribution in [3.8, 4) is 0 Å². The molecule has 1 nitrogen and oxygen atoms in total. The molecule has 0 radical (unpaired) electrons. The molecule has 1 aliphatic carbocycles. The third-order valence-corrected chi connectivity index (χ3v) is 3.63. The van der Waals surface area contributed by atoms with Crippen LogP contribution in [-0.2, 0) is 0 Å². The molecule has 2 rings (SSSR count). The minimum atomic E-state index is 0.782. The highest BCUT2D eigenvalue weighted by Crippen LogP contribution is 2.30. The highest BCUT2D eigenvalue weighted by atomic mass is 15.0. The molecule has 1 heteroatoms. The normalized spacial score (nSPS) is 33.2. The second kappa shape index (κ2) is 10.1. The molecule has 16 heavy (non-hydrogen) atoms. The van der Waals surface area contributed by atoms with Crippen molar-refractivity contribution in [2.75, 3.05) is 0 Å². The lowest BCUT2D eigenvalue weighted by Crippen LogP contribution is -2.45. The summed E-state index contributed by atoms with van der Waals surface area (Å²) in [6, 6.07) is 1.65. The molecule has 0 aromatic heterocycles. The van der Waals surface area contributed by atoms with Gasteiger partial charge in [-0.25, -0.2) is 0 Å².